The summed E-state index contributed by atoms with van der Waals surface area (Å²) < 4.78 is 19.0. The second-order valence-corrected chi connectivity index (χ2v) is 7.62. The van der Waals surface area contributed by atoms with E-state index in [-0.39, 0.29) is 5.82 Å². The molecule has 2 heterocycles. The number of piperazine rings is 1. The molecule has 0 spiro atoms. The van der Waals surface area contributed by atoms with E-state index in [4.69, 9.17) is 4.74 Å². The molecule has 2 unspecified atom stereocenters. The van der Waals surface area contributed by atoms with Crippen LogP contribution in [0.4, 0.5) is 9.52 Å². The number of hydrogen-bond acceptors (Lipinski definition) is 6. The number of anilines is 1. The minimum absolute atomic E-state index is 0.187. The number of ether oxygens (including phenoxy) is 1. The molecular formula is C18H25FN4OS. The lowest BCUT2D eigenvalue weighted by Crippen LogP contribution is -2.57. The van der Waals surface area contributed by atoms with Gasteiger partial charge in [-0.15, -0.1) is 10.2 Å². The average Bonchev–Trinajstić information content (AvgIpc) is 3.05. The zero-order valence-electron chi connectivity index (χ0n) is 15.0. The van der Waals surface area contributed by atoms with Gasteiger partial charge in [-0.25, -0.2) is 4.39 Å². The molecule has 2 aromatic rings. The Balaban J connectivity index is 1.66. The summed E-state index contributed by atoms with van der Waals surface area (Å²) in [6.45, 7) is 8.01. The highest BCUT2D eigenvalue weighted by atomic mass is 32.1. The second kappa shape index (κ2) is 8.21. The monoisotopic (exact) mass is 364 g/mol. The Bertz CT molecular complexity index is 683. The van der Waals surface area contributed by atoms with E-state index >= 15 is 0 Å². The van der Waals surface area contributed by atoms with Gasteiger partial charge in [-0.2, -0.15) is 0 Å². The van der Waals surface area contributed by atoms with Gasteiger partial charge >= 0.3 is 0 Å². The van der Waals surface area contributed by atoms with Gasteiger partial charge in [0.05, 0.1) is 6.61 Å². The minimum Gasteiger partial charge on any atom is -0.383 e. The molecule has 0 saturated carbocycles. The van der Waals surface area contributed by atoms with E-state index in [1.807, 2.05) is 6.07 Å². The maximum atomic E-state index is 13.8. The fourth-order valence-electron chi connectivity index (χ4n) is 3.40. The van der Waals surface area contributed by atoms with Gasteiger partial charge in [0.1, 0.15) is 10.8 Å². The summed E-state index contributed by atoms with van der Waals surface area (Å²) in [4.78, 5) is 4.77. The van der Waals surface area contributed by atoms with E-state index in [9.17, 15) is 4.39 Å². The molecule has 25 heavy (non-hydrogen) atoms. The number of hydrogen-bond donors (Lipinski definition) is 0. The van der Waals surface area contributed by atoms with Crippen LogP contribution >= 0.6 is 11.3 Å². The maximum absolute atomic E-state index is 13.8. The third-order valence-corrected chi connectivity index (χ3v) is 5.67. The molecule has 0 amide bonds. The van der Waals surface area contributed by atoms with Gasteiger partial charge < -0.3 is 9.64 Å². The van der Waals surface area contributed by atoms with E-state index < -0.39 is 0 Å². The van der Waals surface area contributed by atoms with Crippen molar-refractivity contribution in [1.29, 1.82) is 0 Å². The van der Waals surface area contributed by atoms with E-state index in [0.717, 1.165) is 36.4 Å². The Morgan fingerprint density at radius 3 is 2.60 bits per heavy atom. The van der Waals surface area contributed by atoms with Crippen LogP contribution in [-0.4, -0.2) is 60.5 Å². The Morgan fingerprint density at radius 1 is 1.20 bits per heavy atom. The lowest BCUT2D eigenvalue weighted by Gasteiger charge is -2.44. The lowest BCUT2D eigenvalue weighted by molar-refractivity contribution is 0.0846. The van der Waals surface area contributed by atoms with Crippen LogP contribution in [0.25, 0.3) is 0 Å². The fraction of sp³-hybridized carbons (Fsp3) is 0.556. The smallest absolute Gasteiger partial charge is 0.208 e. The third-order valence-electron chi connectivity index (χ3n) is 4.68. The molecule has 1 fully saturated rings. The number of aromatic nitrogens is 2. The Kier molecular flexibility index (Phi) is 5.98. The Labute approximate surface area is 152 Å². The minimum atomic E-state index is -0.187. The van der Waals surface area contributed by atoms with Crippen molar-refractivity contribution >= 4 is 16.5 Å². The molecule has 7 heteroatoms. The van der Waals surface area contributed by atoms with Crippen molar-refractivity contribution in [3.8, 4) is 0 Å². The summed E-state index contributed by atoms with van der Waals surface area (Å²) in [5, 5.41) is 10.4. The summed E-state index contributed by atoms with van der Waals surface area (Å²) in [5.41, 5.74) is 0.663. The highest BCUT2D eigenvalue weighted by molar-refractivity contribution is 7.15. The van der Waals surface area contributed by atoms with Crippen LogP contribution in [0.2, 0.25) is 0 Å². The molecule has 5 nitrogen and oxygen atoms in total. The lowest BCUT2D eigenvalue weighted by atomic mass is 10.1. The average molecular weight is 364 g/mol. The zero-order valence-corrected chi connectivity index (χ0v) is 15.8. The first-order valence-electron chi connectivity index (χ1n) is 8.64. The van der Waals surface area contributed by atoms with Crippen molar-refractivity contribution in [3.05, 3.63) is 40.7 Å². The van der Waals surface area contributed by atoms with Crippen molar-refractivity contribution in [2.24, 2.45) is 0 Å². The normalized spacial score (nSPS) is 21.7. The number of methoxy groups -OCH3 is 1. The molecule has 1 aromatic heterocycles. The molecule has 0 radical (unpaired) electrons. The van der Waals surface area contributed by atoms with Crippen molar-refractivity contribution in [1.82, 2.24) is 15.1 Å². The number of nitrogens with zero attached hydrogens (tertiary/aromatic N) is 4. The predicted molar refractivity (Wildman–Crippen MR) is 98.8 cm³/mol. The summed E-state index contributed by atoms with van der Waals surface area (Å²) >= 11 is 1.56. The molecule has 2 atom stereocenters. The standard InChI is InChI=1S/C18H25FN4OS/c1-13-11-22(12-14(2)23(13)8-9-24-3)18-21-20-17(25-18)10-15-6-4-5-7-16(15)19/h4-7,13-14H,8-12H2,1-3H3. The highest BCUT2D eigenvalue weighted by Gasteiger charge is 2.30. The first-order chi connectivity index (χ1) is 12.1. The predicted octanol–water partition coefficient (Wildman–Crippen LogP) is 2.81. The molecule has 136 valence electrons. The van der Waals surface area contributed by atoms with Crippen LogP contribution in [0.15, 0.2) is 24.3 Å². The number of halogens is 1. The van der Waals surface area contributed by atoms with Crippen LogP contribution in [0.5, 0.6) is 0 Å². The molecular weight excluding hydrogens is 339 g/mol. The zero-order chi connectivity index (χ0) is 17.8. The van der Waals surface area contributed by atoms with Crippen LogP contribution in [0.3, 0.4) is 0 Å². The maximum Gasteiger partial charge on any atom is 0.208 e. The molecule has 1 aliphatic heterocycles. The molecule has 3 rings (SSSR count). The molecule has 0 N–H and O–H groups in total. The van der Waals surface area contributed by atoms with Gasteiger partial charge in [0.25, 0.3) is 0 Å². The van der Waals surface area contributed by atoms with Crippen molar-refractivity contribution in [3.63, 3.8) is 0 Å². The van der Waals surface area contributed by atoms with E-state index in [0.29, 0.717) is 24.1 Å². The first kappa shape index (κ1) is 18.2. The van der Waals surface area contributed by atoms with Gasteiger partial charge in [0.15, 0.2) is 0 Å². The van der Waals surface area contributed by atoms with Crippen LogP contribution < -0.4 is 4.90 Å². The van der Waals surface area contributed by atoms with E-state index in [1.54, 1.807) is 30.6 Å². The molecule has 0 bridgehead atoms. The summed E-state index contributed by atoms with van der Waals surface area (Å²) in [6.07, 6.45) is 0.489. The number of rotatable bonds is 6. The van der Waals surface area contributed by atoms with Crippen LogP contribution in [0, 0.1) is 5.82 Å². The highest BCUT2D eigenvalue weighted by Crippen LogP contribution is 2.27. The topological polar surface area (TPSA) is 41.5 Å². The van der Waals surface area contributed by atoms with Gasteiger partial charge in [0.2, 0.25) is 5.13 Å². The number of benzene rings is 1. The van der Waals surface area contributed by atoms with Crippen LogP contribution in [-0.2, 0) is 11.2 Å². The summed E-state index contributed by atoms with van der Waals surface area (Å²) in [6, 6.07) is 7.70. The quantitative estimate of drug-likeness (QED) is 0.788. The SMILES string of the molecule is COCCN1C(C)CN(c2nnc(Cc3ccccc3F)s2)CC1C. The summed E-state index contributed by atoms with van der Waals surface area (Å²) in [7, 11) is 1.74. The largest absolute Gasteiger partial charge is 0.383 e. The van der Waals surface area contributed by atoms with Crippen molar-refractivity contribution in [2.45, 2.75) is 32.4 Å². The third kappa shape index (κ3) is 4.34. The molecule has 0 aliphatic carbocycles. The van der Waals surface area contributed by atoms with Gasteiger partial charge in [-0.05, 0) is 25.5 Å². The Morgan fingerprint density at radius 2 is 1.92 bits per heavy atom. The Hall–Kier alpha value is -1.57. The van der Waals surface area contributed by atoms with E-state index in [1.165, 1.54) is 6.07 Å². The second-order valence-electron chi connectivity index (χ2n) is 6.58. The van der Waals surface area contributed by atoms with Crippen LogP contribution in [0.1, 0.15) is 24.4 Å². The summed E-state index contributed by atoms with van der Waals surface area (Å²) in [5.74, 6) is -0.187. The first-order valence-corrected chi connectivity index (χ1v) is 9.45. The van der Waals surface area contributed by atoms with Gasteiger partial charge in [-0.1, -0.05) is 29.5 Å². The van der Waals surface area contributed by atoms with Gasteiger partial charge in [0, 0.05) is 45.2 Å². The molecule has 1 aliphatic rings. The molecule has 1 aromatic carbocycles. The fourth-order valence-corrected chi connectivity index (χ4v) is 4.28. The molecule has 1 saturated heterocycles. The van der Waals surface area contributed by atoms with Gasteiger partial charge in [-0.3, -0.25) is 4.90 Å². The van der Waals surface area contributed by atoms with Crippen molar-refractivity contribution in [2.75, 3.05) is 38.3 Å². The van der Waals surface area contributed by atoms with Crippen molar-refractivity contribution < 1.29 is 9.13 Å². The van der Waals surface area contributed by atoms with E-state index in [2.05, 4.69) is 33.8 Å².